The van der Waals surface area contributed by atoms with E-state index < -0.39 is 0 Å². The van der Waals surface area contributed by atoms with Crippen molar-refractivity contribution in [1.82, 2.24) is 4.31 Å². The number of hydrogen-bond donors (Lipinski definition) is 1. The van der Waals surface area contributed by atoms with Gasteiger partial charge in [-0.1, -0.05) is 30.7 Å². The van der Waals surface area contributed by atoms with E-state index in [1.165, 1.54) is 39.4 Å². The molecule has 4 rings (SSSR count). The van der Waals surface area contributed by atoms with Crippen LogP contribution in [0.3, 0.4) is 0 Å². The van der Waals surface area contributed by atoms with Gasteiger partial charge in [0, 0.05) is 34.8 Å². The summed E-state index contributed by atoms with van der Waals surface area (Å²) in [4.78, 5) is 1.35. The number of allylic oxidation sites excluding steroid dienone is 2. The summed E-state index contributed by atoms with van der Waals surface area (Å²) in [6, 6.07) is 15.2. The first kappa shape index (κ1) is 19.3. The second-order valence-corrected chi connectivity index (χ2v) is 9.34. The van der Waals surface area contributed by atoms with Gasteiger partial charge >= 0.3 is 0 Å². The van der Waals surface area contributed by atoms with Gasteiger partial charge in [0.25, 0.3) is 0 Å². The van der Waals surface area contributed by atoms with Crippen LogP contribution in [0.25, 0.3) is 0 Å². The largest absolute Gasteiger partial charge is 0.356 e. The molecule has 0 bridgehead atoms. The van der Waals surface area contributed by atoms with Gasteiger partial charge in [-0.2, -0.15) is 0 Å². The Labute approximate surface area is 171 Å². The van der Waals surface area contributed by atoms with E-state index in [1.54, 1.807) is 12.1 Å². The van der Waals surface area contributed by atoms with Crippen molar-refractivity contribution in [3.63, 3.8) is 0 Å². The molecule has 1 atom stereocenters. The fourth-order valence-electron chi connectivity index (χ4n) is 4.22. The molecule has 2 aromatic carbocycles. The van der Waals surface area contributed by atoms with Gasteiger partial charge in [-0.15, -0.1) is 0 Å². The number of aryl methyl sites for hydroxylation is 1. The number of benzene rings is 2. The number of rotatable bonds is 4. The molecule has 2 aromatic rings. The molecule has 4 heteroatoms. The lowest BCUT2D eigenvalue weighted by atomic mass is 9.70. The first-order chi connectivity index (χ1) is 13.4. The normalized spacial score (nSPS) is 22.6. The summed E-state index contributed by atoms with van der Waals surface area (Å²) < 4.78 is 15.7. The van der Waals surface area contributed by atoms with Crippen LogP contribution in [0.15, 0.2) is 76.3 Å². The van der Waals surface area contributed by atoms with Crippen LogP contribution < -0.4 is 5.32 Å². The number of nitrogens with zero attached hydrogens (tertiary/aromatic N) is 1. The van der Waals surface area contributed by atoms with Gasteiger partial charge in [-0.25, -0.2) is 8.70 Å². The standard InChI is InChI=1S/C24H27FN2S/c1-17-6-4-5-7-23(17)28-27-13-12-19-14-22(18(2)15-24(19,3)16-27)26-21-10-8-20(25)9-11-21/h4-11,14,26H,12-13,15-16H2,1-3H3. The average molecular weight is 395 g/mol. The highest BCUT2D eigenvalue weighted by atomic mass is 32.2. The third-order valence-corrected chi connectivity index (χ3v) is 7.03. The van der Waals surface area contributed by atoms with Crippen molar-refractivity contribution in [3.05, 3.63) is 82.8 Å². The van der Waals surface area contributed by atoms with Crippen LogP contribution in [0.5, 0.6) is 0 Å². The van der Waals surface area contributed by atoms with Crippen LogP contribution in [0.4, 0.5) is 10.1 Å². The van der Waals surface area contributed by atoms with Gasteiger partial charge in [-0.05, 0) is 86.2 Å². The molecule has 2 nitrogen and oxygen atoms in total. The second kappa shape index (κ2) is 7.76. The lowest BCUT2D eigenvalue weighted by Crippen LogP contribution is -2.41. The number of halogens is 1. The fraction of sp³-hybridized carbons (Fsp3) is 0.333. The molecule has 0 spiro atoms. The molecule has 0 aromatic heterocycles. The zero-order chi connectivity index (χ0) is 19.7. The van der Waals surface area contributed by atoms with Crippen LogP contribution in [0.2, 0.25) is 0 Å². The Morgan fingerprint density at radius 3 is 2.57 bits per heavy atom. The lowest BCUT2D eigenvalue weighted by molar-refractivity contribution is 0.242. The summed E-state index contributed by atoms with van der Waals surface area (Å²) in [6.45, 7) is 8.89. The summed E-state index contributed by atoms with van der Waals surface area (Å²) in [5.74, 6) is -0.204. The van der Waals surface area contributed by atoms with Crippen LogP contribution in [0, 0.1) is 18.2 Å². The topological polar surface area (TPSA) is 15.3 Å². The third kappa shape index (κ3) is 4.03. The predicted molar refractivity (Wildman–Crippen MR) is 117 cm³/mol. The Bertz CT molecular complexity index is 932. The molecular weight excluding hydrogens is 367 g/mol. The molecule has 1 unspecified atom stereocenters. The van der Waals surface area contributed by atoms with Crippen LogP contribution in [0.1, 0.15) is 32.3 Å². The second-order valence-electron chi connectivity index (χ2n) is 8.20. The van der Waals surface area contributed by atoms with Crippen LogP contribution >= 0.6 is 11.9 Å². The molecule has 146 valence electrons. The highest BCUT2D eigenvalue weighted by Gasteiger charge is 2.38. The van der Waals surface area contributed by atoms with Crippen molar-refractivity contribution < 1.29 is 4.39 Å². The molecule has 1 aliphatic heterocycles. The Balaban J connectivity index is 1.48. The molecule has 0 saturated carbocycles. The van der Waals surface area contributed by atoms with Crippen molar-refractivity contribution in [2.24, 2.45) is 5.41 Å². The Morgan fingerprint density at radius 2 is 1.82 bits per heavy atom. The van der Waals surface area contributed by atoms with Crippen LogP contribution in [-0.4, -0.2) is 17.4 Å². The van der Waals surface area contributed by atoms with Crippen molar-refractivity contribution in [2.75, 3.05) is 18.4 Å². The number of hydrogen-bond acceptors (Lipinski definition) is 3. The summed E-state index contributed by atoms with van der Waals surface area (Å²) in [6.07, 6.45) is 4.46. The van der Waals surface area contributed by atoms with E-state index in [9.17, 15) is 4.39 Å². The van der Waals surface area contributed by atoms with E-state index in [2.05, 4.69) is 60.7 Å². The molecule has 0 radical (unpaired) electrons. The Hall–Kier alpha value is -2.04. The molecule has 28 heavy (non-hydrogen) atoms. The quantitative estimate of drug-likeness (QED) is 0.591. The van der Waals surface area contributed by atoms with Crippen molar-refractivity contribution in [3.8, 4) is 0 Å². The smallest absolute Gasteiger partial charge is 0.123 e. The van der Waals surface area contributed by atoms with E-state index in [-0.39, 0.29) is 11.2 Å². The molecule has 1 fully saturated rings. The SMILES string of the molecule is CC1=C(Nc2ccc(F)cc2)C=C2CCN(Sc3ccccc3C)CC2(C)C1. The van der Waals surface area contributed by atoms with Crippen molar-refractivity contribution >= 4 is 17.6 Å². The first-order valence-electron chi connectivity index (χ1n) is 9.85. The molecule has 0 amide bonds. The van der Waals surface area contributed by atoms with E-state index in [0.717, 1.165) is 31.6 Å². The highest BCUT2D eigenvalue weighted by Crippen LogP contribution is 2.46. The monoisotopic (exact) mass is 394 g/mol. The summed E-state index contributed by atoms with van der Waals surface area (Å²) in [5.41, 5.74) is 6.49. The van der Waals surface area contributed by atoms with E-state index in [4.69, 9.17) is 0 Å². The maximum atomic E-state index is 13.2. The Morgan fingerprint density at radius 1 is 1.07 bits per heavy atom. The average Bonchev–Trinajstić information content (AvgIpc) is 2.66. The number of nitrogens with one attached hydrogen (secondary N) is 1. The fourth-order valence-corrected chi connectivity index (χ4v) is 5.38. The number of anilines is 1. The van der Waals surface area contributed by atoms with E-state index in [0.29, 0.717) is 0 Å². The van der Waals surface area contributed by atoms with E-state index in [1.807, 2.05) is 11.9 Å². The lowest BCUT2D eigenvalue weighted by Gasteiger charge is -2.44. The molecule has 1 saturated heterocycles. The van der Waals surface area contributed by atoms with Gasteiger partial charge in [-0.3, -0.25) is 0 Å². The molecule has 1 N–H and O–H groups in total. The van der Waals surface area contributed by atoms with Gasteiger partial charge in [0.1, 0.15) is 5.82 Å². The Kier molecular flexibility index (Phi) is 5.35. The molecule has 1 aliphatic carbocycles. The molecule has 2 aliphatic rings. The number of piperidine rings is 1. The maximum absolute atomic E-state index is 13.2. The van der Waals surface area contributed by atoms with Crippen LogP contribution in [-0.2, 0) is 0 Å². The highest BCUT2D eigenvalue weighted by molar-refractivity contribution is 7.97. The minimum atomic E-state index is -0.204. The zero-order valence-electron chi connectivity index (χ0n) is 16.8. The van der Waals surface area contributed by atoms with Gasteiger partial charge in [0.2, 0.25) is 0 Å². The summed E-state index contributed by atoms with van der Waals surface area (Å²) >= 11 is 1.89. The van der Waals surface area contributed by atoms with E-state index >= 15 is 0 Å². The van der Waals surface area contributed by atoms with Gasteiger partial charge in [0.15, 0.2) is 0 Å². The predicted octanol–water partition coefficient (Wildman–Crippen LogP) is 6.57. The third-order valence-electron chi connectivity index (χ3n) is 5.81. The zero-order valence-corrected chi connectivity index (χ0v) is 17.6. The minimum Gasteiger partial charge on any atom is -0.356 e. The van der Waals surface area contributed by atoms with Crippen molar-refractivity contribution in [1.29, 1.82) is 0 Å². The molecular formula is C24H27FN2S. The summed E-state index contributed by atoms with van der Waals surface area (Å²) in [5, 5.41) is 3.48. The summed E-state index contributed by atoms with van der Waals surface area (Å²) in [7, 11) is 0. The maximum Gasteiger partial charge on any atom is 0.123 e. The first-order valence-corrected chi connectivity index (χ1v) is 10.6. The minimum absolute atomic E-state index is 0.173. The van der Waals surface area contributed by atoms with Gasteiger partial charge < -0.3 is 5.32 Å². The number of fused-ring (bicyclic) bond motifs is 1. The van der Waals surface area contributed by atoms with Gasteiger partial charge in [0.05, 0.1) is 0 Å². The molecule has 1 heterocycles. The van der Waals surface area contributed by atoms with Crippen molar-refractivity contribution in [2.45, 2.75) is 38.5 Å².